The van der Waals surface area contributed by atoms with Crippen molar-refractivity contribution in [3.05, 3.63) is 77.0 Å². The lowest BCUT2D eigenvalue weighted by Crippen LogP contribution is -2.52. The zero-order valence-electron chi connectivity index (χ0n) is 42.1. The fourth-order valence-corrected chi connectivity index (χ4v) is 13.3. The molecular weight excluding hydrogens is 962 g/mol. The Hall–Kier alpha value is -6.55. The number of halogens is 3. The van der Waals surface area contributed by atoms with Crippen molar-refractivity contribution in [3.8, 4) is 35.4 Å². The summed E-state index contributed by atoms with van der Waals surface area (Å²) in [6.45, 7) is 8.61. The van der Waals surface area contributed by atoms with E-state index in [1.54, 1.807) is 4.90 Å². The standard InChI is InChI=1S/C57H63F3N10O5/c1-2-42-46(58)8-3-36-26-41(71)27-44(49(36)42)51-50(59)52-45(29-61-51)53(69-32-38-4-5-39(33-69)62-38)65-56(64-52)75-24-23-66-17-11-34(12-18-66)28-57(60)15-21-67(22-16-57)30-35-13-19-68(20-14-35)40-6-7-43-37(25-40)31-70(55(43)74)47-9-10-48(72)63-54(47)73/h1,3,6-8,25-27,29,34-35,38-39,47,62,71H,4-5,9-24,28,30-33H2,(H,63,72,73). The third-order valence-electron chi connectivity index (χ3n) is 17.4. The first-order valence-electron chi connectivity index (χ1n) is 26.9. The van der Waals surface area contributed by atoms with Crippen LogP contribution in [0.2, 0.25) is 0 Å². The molecule has 75 heavy (non-hydrogen) atoms. The third kappa shape index (κ3) is 9.83. The minimum Gasteiger partial charge on any atom is -0.508 e. The Bertz CT molecular complexity index is 3100. The average molecular weight is 1030 g/mol. The van der Waals surface area contributed by atoms with Gasteiger partial charge in [0.2, 0.25) is 11.8 Å². The zero-order chi connectivity index (χ0) is 51.5. The van der Waals surface area contributed by atoms with E-state index in [2.05, 4.69) is 52.2 Å². The summed E-state index contributed by atoms with van der Waals surface area (Å²) in [6, 6.07) is 11.5. The Morgan fingerprint density at radius 1 is 0.840 bits per heavy atom. The maximum absolute atomic E-state index is 17.0. The maximum Gasteiger partial charge on any atom is 0.319 e. The van der Waals surface area contributed by atoms with Gasteiger partial charge in [-0.1, -0.05) is 12.0 Å². The Labute approximate surface area is 434 Å². The average Bonchev–Trinajstić information content (AvgIpc) is 3.92. The van der Waals surface area contributed by atoms with Crippen molar-refractivity contribution in [2.75, 3.05) is 81.9 Å². The number of carbonyl (C=O) groups excluding carboxylic acids is 3. The number of pyridine rings is 1. The first-order chi connectivity index (χ1) is 36.3. The molecule has 15 nitrogen and oxygen atoms in total. The van der Waals surface area contributed by atoms with Crippen LogP contribution in [-0.2, 0) is 16.1 Å². The van der Waals surface area contributed by atoms with Gasteiger partial charge in [0.1, 0.15) is 46.9 Å². The molecule has 2 bridgehead atoms. The number of fused-ring (bicyclic) bond motifs is 5. The van der Waals surface area contributed by atoms with Crippen molar-refractivity contribution in [1.29, 1.82) is 0 Å². The van der Waals surface area contributed by atoms with E-state index in [-0.39, 0.29) is 76.4 Å². The molecule has 3 aromatic carbocycles. The molecule has 12 rings (SSSR count). The molecule has 0 aliphatic carbocycles. The number of hydrogen-bond donors (Lipinski definition) is 3. The largest absolute Gasteiger partial charge is 0.508 e. The van der Waals surface area contributed by atoms with Gasteiger partial charge in [0.25, 0.3) is 5.91 Å². The van der Waals surface area contributed by atoms with Gasteiger partial charge in [-0.2, -0.15) is 9.97 Å². The van der Waals surface area contributed by atoms with Gasteiger partial charge in [-0.25, -0.2) is 13.2 Å². The van der Waals surface area contributed by atoms with E-state index in [9.17, 15) is 19.5 Å². The number of anilines is 2. The number of carbonyl (C=O) groups is 3. The fourth-order valence-electron chi connectivity index (χ4n) is 13.3. The first-order valence-corrected chi connectivity index (χ1v) is 26.9. The van der Waals surface area contributed by atoms with Crippen LogP contribution in [0, 0.1) is 35.8 Å². The van der Waals surface area contributed by atoms with Crippen LogP contribution in [-0.4, -0.2) is 148 Å². The molecule has 6 fully saturated rings. The molecule has 3 N–H and O–H groups in total. The molecule has 6 saturated heterocycles. The summed E-state index contributed by atoms with van der Waals surface area (Å²) in [5, 5.41) is 17.8. The van der Waals surface area contributed by atoms with Crippen molar-refractivity contribution in [1.82, 2.24) is 40.3 Å². The minimum atomic E-state index is -1.16. The molecular formula is C57H63F3N10O5. The number of rotatable bonds is 12. The van der Waals surface area contributed by atoms with E-state index in [0.717, 1.165) is 95.6 Å². The number of likely N-dealkylation sites (tertiary alicyclic amines) is 2. The lowest BCUT2D eigenvalue weighted by molar-refractivity contribution is -0.136. The van der Waals surface area contributed by atoms with E-state index in [1.807, 2.05) is 12.1 Å². The summed E-state index contributed by atoms with van der Waals surface area (Å²) in [4.78, 5) is 62.4. The predicted molar refractivity (Wildman–Crippen MR) is 278 cm³/mol. The summed E-state index contributed by atoms with van der Waals surface area (Å²) in [5.41, 5.74) is 1.44. The fraction of sp³-hybridized carbons (Fsp3) is 0.509. The van der Waals surface area contributed by atoms with E-state index in [1.165, 1.54) is 30.5 Å². The topological polar surface area (TPSA) is 160 Å². The van der Waals surface area contributed by atoms with E-state index in [0.29, 0.717) is 85.9 Å². The lowest BCUT2D eigenvalue weighted by atomic mass is 9.80. The molecule has 2 aromatic heterocycles. The maximum atomic E-state index is 17.0. The number of aromatic nitrogens is 3. The molecule has 5 aromatic rings. The van der Waals surface area contributed by atoms with E-state index >= 15 is 13.2 Å². The monoisotopic (exact) mass is 1020 g/mol. The highest BCUT2D eigenvalue weighted by molar-refractivity contribution is 6.06. The molecule has 7 aliphatic rings. The summed E-state index contributed by atoms with van der Waals surface area (Å²) in [5.74, 6) is 1.39. The third-order valence-corrected chi connectivity index (χ3v) is 17.4. The number of benzene rings is 3. The quantitative estimate of drug-likeness (QED) is 0.0895. The number of imide groups is 1. The van der Waals surface area contributed by atoms with Crippen LogP contribution in [0.25, 0.3) is 32.9 Å². The molecule has 9 heterocycles. The summed E-state index contributed by atoms with van der Waals surface area (Å²) in [7, 11) is 0. The van der Waals surface area contributed by atoms with Crippen molar-refractivity contribution in [2.45, 2.75) is 101 Å². The molecule has 3 unspecified atom stereocenters. The number of amides is 3. The zero-order valence-corrected chi connectivity index (χ0v) is 42.1. The SMILES string of the molecule is C#Cc1c(F)ccc2cc(O)cc(-c3ncc4c(N5CC6CCC(C5)N6)nc(OCCN5CCC(CC6(F)CCN(CC7CCN(c8ccc9c(c8)CN(C8CCC(=O)NC8=O)C9=O)CC7)CC6)CC5)nc4c3F)c12. The van der Waals surface area contributed by atoms with Crippen molar-refractivity contribution >= 4 is 50.9 Å². The number of nitrogens with one attached hydrogen (secondary N) is 2. The molecule has 3 atom stereocenters. The van der Waals surface area contributed by atoms with Crippen LogP contribution in [0.5, 0.6) is 11.8 Å². The first kappa shape index (κ1) is 49.3. The number of ether oxygens (including phenoxy) is 1. The molecule has 3 amide bonds. The van der Waals surface area contributed by atoms with Gasteiger partial charge in [-0.3, -0.25) is 29.6 Å². The summed E-state index contributed by atoms with van der Waals surface area (Å²) in [6.07, 6.45) is 15.5. The summed E-state index contributed by atoms with van der Waals surface area (Å²) < 4.78 is 54.8. The lowest BCUT2D eigenvalue weighted by Gasteiger charge is -2.42. The second kappa shape index (κ2) is 20.2. The predicted octanol–water partition coefficient (Wildman–Crippen LogP) is 6.71. The van der Waals surface area contributed by atoms with Crippen LogP contribution in [0.4, 0.5) is 24.7 Å². The molecule has 18 heteroatoms. The number of phenolic OH excluding ortho intramolecular Hbond substituents is 1. The molecule has 0 radical (unpaired) electrons. The molecule has 0 saturated carbocycles. The Balaban J connectivity index is 0.625. The molecule has 392 valence electrons. The van der Waals surface area contributed by atoms with Crippen LogP contribution >= 0.6 is 0 Å². The van der Waals surface area contributed by atoms with Crippen LogP contribution in [0.15, 0.2) is 48.7 Å². The molecule has 7 aliphatic heterocycles. The van der Waals surface area contributed by atoms with Crippen molar-refractivity contribution in [2.24, 2.45) is 11.8 Å². The number of nitrogens with zero attached hydrogens (tertiary/aromatic N) is 8. The van der Waals surface area contributed by atoms with Gasteiger partial charge in [0, 0.05) is 106 Å². The van der Waals surface area contributed by atoms with Gasteiger partial charge < -0.3 is 34.8 Å². The number of phenols is 1. The Kier molecular flexibility index (Phi) is 13.3. The second-order valence-corrected chi connectivity index (χ2v) is 22.2. The number of alkyl halides is 1. The normalized spacial score (nSPS) is 23.8. The number of piperidine rings is 4. The van der Waals surface area contributed by atoms with E-state index < -0.39 is 29.3 Å². The van der Waals surface area contributed by atoms with Crippen LogP contribution in [0.1, 0.15) is 92.1 Å². The van der Waals surface area contributed by atoms with Gasteiger partial charge >= 0.3 is 6.01 Å². The van der Waals surface area contributed by atoms with Crippen LogP contribution < -0.4 is 25.2 Å². The minimum absolute atomic E-state index is 0.00521. The highest BCUT2D eigenvalue weighted by atomic mass is 19.1. The number of piperazine rings is 1. The molecule has 0 spiro atoms. The smallest absolute Gasteiger partial charge is 0.319 e. The van der Waals surface area contributed by atoms with Crippen molar-refractivity contribution in [3.63, 3.8) is 0 Å². The number of aromatic hydroxyl groups is 1. The highest BCUT2D eigenvalue weighted by Gasteiger charge is 2.41. The van der Waals surface area contributed by atoms with Crippen LogP contribution in [0.3, 0.4) is 0 Å². The summed E-state index contributed by atoms with van der Waals surface area (Å²) >= 11 is 0. The van der Waals surface area contributed by atoms with Crippen molar-refractivity contribution < 1.29 is 37.4 Å². The Morgan fingerprint density at radius 3 is 2.35 bits per heavy atom. The van der Waals surface area contributed by atoms with E-state index in [4.69, 9.17) is 16.1 Å². The van der Waals surface area contributed by atoms with Gasteiger partial charge in [-0.15, -0.1) is 6.42 Å². The highest BCUT2D eigenvalue weighted by Crippen LogP contribution is 2.41. The van der Waals surface area contributed by atoms with Gasteiger partial charge in [0.15, 0.2) is 5.82 Å². The Morgan fingerprint density at radius 2 is 1.60 bits per heavy atom. The number of hydrogen-bond acceptors (Lipinski definition) is 13. The van der Waals surface area contributed by atoms with Gasteiger partial charge in [-0.05, 0) is 136 Å². The van der Waals surface area contributed by atoms with Gasteiger partial charge in [0.05, 0.1) is 10.9 Å². The number of terminal acetylenes is 1. The second-order valence-electron chi connectivity index (χ2n) is 22.2.